The summed E-state index contributed by atoms with van der Waals surface area (Å²) in [4.78, 5) is 0.617. The first kappa shape index (κ1) is 15.0. The Balaban J connectivity index is 2.07. The fraction of sp³-hybridized carbons (Fsp3) is 0.647. The predicted molar refractivity (Wildman–Crippen MR) is 83.1 cm³/mol. The largest absolute Gasteiger partial charge is 0.207 e. The molecule has 0 amide bonds. The van der Waals surface area contributed by atoms with Gasteiger partial charge >= 0.3 is 0 Å². The van der Waals surface area contributed by atoms with Crippen molar-refractivity contribution >= 4 is 15.9 Å². The van der Waals surface area contributed by atoms with Crippen molar-refractivity contribution in [2.75, 3.05) is 0 Å². The first-order valence-electron chi connectivity index (χ1n) is 7.27. The van der Waals surface area contributed by atoms with Crippen molar-refractivity contribution in [2.24, 2.45) is 17.3 Å². The zero-order valence-corrected chi connectivity index (χ0v) is 13.7. The van der Waals surface area contributed by atoms with Crippen LogP contribution < -0.4 is 0 Å². The molecule has 1 aliphatic rings. The van der Waals surface area contributed by atoms with Crippen molar-refractivity contribution in [3.63, 3.8) is 0 Å². The Morgan fingerprint density at radius 3 is 2.42 bits per heavy atom. The number of hydrogen-bond acceptors (Lipinski definition) is 0. The highest BCUT2D eigenvalue weighted by Gasteiger charge is 2.37. The van der Waals surface area contributed by atoms with Gasteiger partial charge in [-0.2, -0.15) is 0 Å². The van der Waals surface area contributed by atoms with Gasteiger partial charge in [0.25, 0.3) is 0 Å². The lowest BCUT2D eigenvalue weighted by Gasteiger charge is -2.42. The van der Waals surface area contributed by atoms with Gasteiger partial charge in [0.2, 0.25) is 0 Å². The van der Waals surface area contributed by atoms with Crippen LogP contribution in [-0.4, -0.2) is 4.83 Å². The quantitative estimate of drug-likeness (QED) is 0.635. The molecule has 2 heteroatoms. The van der Waals surface area contributed by atoms with Crippen LogP contribution in [0.3, 0.4) is 0 Å². The third-order valence-corrected chi connectivity index (χ3v) is 5.62. The number of halogens is 2. The molecule has 1 aliphatic carbocycles. The smallest absolute Gasteiger partial charge is 0.123 e. The summed E-state index contributed by atoms with van der Waals surface area (Å²) >= 11 is 3.90. The summed E-state index contributed by atoms with van der Waals surface area (Å²) in [6.07, 6.45) is 4.93. The second kappa shape index (κ2) is 5.95. The number of hydrogen-bond donors (Lipinski definition) is 0. The number of benzene rings is 1. The van der Waals surface area contributed by atoms with Gasteiger partial charge in [0.15, 0.2) is 0 Å². The van der Waals surface area contributed by atoms with Crippen LogP contribution in [-0.2, 0) is 6.42 Å². The van der Waals surface area contributed by atoms with Gasteiger partial charge < -0.3 is 0 Å². The Hall–Kier alpha value is -0.370. The standard InChI is InChI=1S/C17H24BrF/c1-12-4-9-15(16(18)10-12)17(2,3)11-13-5-7-14(19)8-6-13/h5-8,12,15-16H,4,9-11H2,1-3H3. The molecule has 1 saturated carbocycles. The fourth-order valence-corrected chi connectivity index (χ4v) is 5.07. The van der Waals surface area contributed by atoms with Gasteiger partial charge in [-0.1, -0.05) is 55.3 Å². The SMILES string of the molecule is CC1CCC(C(C)(C)Cc2ccc(F)cc2)C(Br)C1. The summed E-state index contributed by atoms with van der Waals surface area (Å²) in [6.45, 7) is 7.05. The molecule has 2 rings (SSSR count). The van der Waals surface area contributed by atoms with E-state index in [-0.39, 0.29) is 11.2 Å². The van der Waals surface area contributed by atoms with Crippen molar-refractivity contribution in [3.05, 3.63) is 35.6 Å². The van der Waals surface area contributed by atoms with Crippen LogP contribution in [0.5, 0.6) is 0 Å². The van der Waals surface area contributed by atoms with E-state index in [4.69, 9.17) is 0 Å². The Labute approximate surface area is 124 Å². The van der Waals surface area contributed by atoms with Gasteiger partial charge in [0.1, 0.15) is 5.82 Å². The topological polar surface area (TPSA) is 0 Å². The maximum absolute atomic E-state index is 13.0. The first-order chi connectivity index (χ1) is 8.88. The molecule has 0 saturated heterocycles. The van der Waals surface area contributed by atoms with E-state index in [0.29, 0.717) is 10.7 Å². The monoisotopic (exact) mass is 326 g/mol. The maximum atomic E-state index is 13.0. The third-order valence-electron chi connectivity index (χ3n) is 4.61. The van der Waals surface area contributed by atoms with E-state index in [1.807, 2.05) is 12.1 Å². The lowest BCUT2D eigenvalue weighted by molar-refractivity contribution is 0.147. The van der Waals surface area contributed by atoms with Crippen LogP contribution in [0.25, 0.3) is 0 Å². The average Bonchev–Trinajstić information content (AvgIpc) is 2.31. The van der Waals surface area contributed by atoms with Crippen molar-refractivity contribution in [1.82, 2.24) is 0 Å². The molecule has 0 nitrogen and oxygen atoms in total. The Morgan fingerprint density at radius 2 is 1.84 bits per heavy atom. The van der Waals surface area contributed by atoms with Crippen LogP contribution in [0.15, 0.2) is 24.3 Å². The minimum Gasteiger partial charge on any atom is -0.207 e. The highest BCUT2D eigenvalue weighted by atomic mass is 79.9. The van der Waals surface area contributed by atoms with Crippen molar-refractivity contribution < 1.29 is 4.39 Å². The molecule has 1 aromatic rings. The summed E-state index contributed by atoms with van der Waals surface area (Å²) in [6, 6.07) is 6.98. The van der Waals surface area contributed by atoms with Gasteiger partial charge in [-0.15, -0.1) is 0 Å². The highest BCUT2D eigenvalue weighted by molar-refractivity contribution is 9.09. The van der Waals surface area contributed by atoms with Crippen LogP contribution in [0.2, 0.25) is 0 Å². The van der Waals surface area contributed by atoms with Crippen LogP contribution >= 0.6 is 15.9 Å². The van der Waals surface area contributed by atoms with Gasteiger partial charge in [-0.25, -0.2) is 4.39 Å². The Bertz CT molecular complexity index is 410. The Morgan fingerprint density at radius 1 is 1.21 bits per heavy atom. The lowest BCUT2D eigenvalue weighted by atomic mass is 9.66. The van der Waals surface area contributed by atoms with E-state index < -0.39 is 0 Å². The van der Waals surface area contributed by atoms with E-state index in [0.717, 1.165) is 12.3 Å². The van der Waals surface area contributed by atoms with Gasteiger partial charge in [0, 0.05) is 4.83 Å². The van der Waals surface area contributed by atoms with Gasteiger partial charge in [-0.05, 0) is 54.2 Å². The van der Waals surface area contributed by atoms with E-state index in [2.05, 4.69) is 36.7 Å². The van der Waals surface area contributed by atoms with Gasteiger partial charge in [-0.3, -0.25) is 0 Å². The molecule has 0 N–H and O–H groups in total. The molecule has 0 aromatic heterocycles. The second-order valence-electron chi connectivity index (χ2n) is 6.83. The third kappa shape index (κ3) is 3.81. The molecule has 0 aliphatic heterocycles. The molecule has 0 heterocycles. The highest BCUT2D eigenvalue weighted by Crippen LogP contribution is 2.45. The lowest BCUT2D eigenvalue weighted by Crippen LogP contribution is -2.37. The summed E-state index contributed by atoms with van der Waals surface area (Å²) in [7, 11) is 0. The summed E-state index contributed by atoms with van der Waals surface area (Å²) in [5.41, 5.74) is 1.50. The molecule has 19 heavy (non-hydrogen) atoms. The average molecular weight is 327 g/mol. The minimum atomic E-state index is -0.147. The molecule has 0 radical (unpaired) electrons. The molecule has 1 fully saturated rings. The molecule has 0 bridgehead atoms. The van der Waals surface area contributed by atoms with Crippen molar-refractivity contribution in [2.45, 2.75) is 51.3 Å². The Kier molecular flexibility index (Phi) is 4.70. The van der Waals surface area contributed by atoms with Crippen LogP contribution in [0.4, 0.5) is 4.39 Å². The number of rotatable bonds is 3. The van der Waals surface area contributed by atoms with E-state index >= 15 is 0 Å². The van der Waals surface area contributed by atoms with Crippen molar-refractivity contribution in [3.8, 4) is 0 Å². The molecular formula is C17H24BrF. The summed E-state index contributed by atoms with van der Waals surface area (Å²) in [5.74, 6) is 1.39. The molecule has 0 spiro atoms. The van der Waals surface area contributed by atoms with E-state index in [1.54, 1.807) is 12.1 Å². The maximum Gasteiger partial charge on any atom is 0.123 e. The zero-order valence-electron chi connectivity index (χ0n) is 12.1. The number of alkyl halides is 1. The molecule has 1 aromatic carbocycles. The van der Waals surface area contributed by atoms with Crippen LogP contribution in [0, 0.1) is 23.1 Å². The molecule has 3 unspecified atom stereocenters. The molecule has 3 atom stereocenters. The summed E-state index contributed by atoms with van der Waals surface area (Å²) < 4.78 is 13.0. The van der Waals surface area contributed by atoms with Gasteiger partial charge in [0.05, 0.1) is 0 Å². The summed E-state index contributed by atoms with van der Waals surface area (Å²) in [5, 5.41) is 0. The predicted octanol–water partition coefficient (Wildman–Crippen LogP) is 5.59. The fourth-order valence-electron chi connectivity index (χ4n) is 3.45. The second-order valence-corrected chi connectivity index (χ2v) is 8.01. The van der Waals surface area contributed by atoms with Crippen molar-refractivity contribution in [1.29, 1.82) is 0 Å². The van der Waals surface area contributed by atoms with E-state index in [9.17, 15) is 4.39 Å². The minimum absolute atomic E-state index is 0.147. The zero-order chi connectivity index (χ0) is 14.0. The normalized spacial score (nSPS) is 28.4. The first-order valence-corrected chi connectivity index (χ1v) is 8.18. The van der Waals surface area contributed by atoms with E-state index in [1.165, 1.54) is 24.8 Å². The molecular weight excluding hydrogens is 303 g/mol. The molecule has 106 valence electrons. The van der Waals surface area contributed by atoms with Crippen LogP contribution in [0.1, 0.15) is 45.6 Å².